The molecule has 0 fully saturated rings. The van der Waals surface area contributed by atoms with E-state index in [4.69, 9.17) is 0 Å². The number of halogens is 4. The Balaban J connectivity index is 2.37. The number of nitrogens with zero attached hydrogens (tertiary/aromatic N) is 1. The van der Waals surface area contributed by atoms with Crippen LogP contribution in [0.3, 0.4) is 0 Å². The van der Waals surface area contributed by atoms with Crippen molar-refractivity contribution in [1.29, 1.82) is 0 Å². The number of amides is 1. The highest BCUT2D eigenvalue weighted by molar-refractivity contribution is 9.11. The van der Waals surface area contributed by atoms with Crippen LogP contribution in [0.1, 0.15) is 24.2 Å². The Morgan fingerprint density at radius 1 is 1.23 bits per heavy atom. The first-order valence-electron chi connectivity index (χ1n) is 6.39. The molecule has 0 bridgehead atoms. The number of benzene rings is 1. The first-order chi connectivity index (χ1) is 10.3. The lowest BCUT2D eigenvalue weighted by Crippen LogP contribution is -2.28. The summed E-state index contributed by atoms with van der Waals surface area (Å²) in [4.78, 5) is 15.8. The summed E-state index contributed by atoms with van der Waals surface area (Å²) < 4.78 is 28.0. The van der Waals surface area contributed by atoms with Crippen LogP contribution in [0.25, 0.3) is 0 Å². The summed E-state index contributed by atoms with van der Waals surface area (Å²) in [6.07, 6.45) is 0.219. The summed E-state index contributed by atoms with van der Waals surface area (Å²) >= 11 is 6.66. The van der Waals surface area contributed by atoms with Crippen LogP contribution in [0.15, 0.2) is 39.4 Å². The van der Waals surface area contributed by atoms with E-state index in [0.717, 1.165) is 6.07 Å². The molecule has 0 aliphatic heterocycles. The number of rotatable bonds is 4. The molecule has 1 heterocycles. The van der Waals surface area contributed by atoms with Gasteiger partial charge in [-0.1, -0.05) is 0 Å². The predicted octanol–water partition coefficient (Wildman–Crippen LogP) is 4.30. The fraction of sp³-hybridized carbons (Fsp3) is 0.200. The zero-order chi connectivity index (χ0) is 16.3. The summed E-state index contributed by atoms with van der Waals surface area (Å²) in [5.41, 5.74) is 1.01. The van der Waals surface area contributed by atoms with Gasteiger partial charge in [-0.05, 0) is 68.1 Å². The molecule has 3 nitrogen and oxygen atoms in total. The highest BCUT2D eigenvalue weighted by Crippen LogP contribution is 2.27. The van der Waals surface area contributed by atoms with Gasteiger partial charge in [0.15, 0.2) is 0 Å². The van der Waals surface area contributed by atoms with Crippen molar-refractivity contribution in [3.8, 4) is 0 Å². The molecule has 22 heavy (non-hydrogen) atoms. The molecule has 1 aromatic carbocycles. The minimum Gasteiger partial charge on any atom is -0.348 e. The molecule has 1 aromatic heterocycles. The van der Waals surface area contributed by atoms with Crippen LogP contribution < -0.4 is 5.32 Å². The summed E-state index contributed by atoms with van der Waals surface area (Å²) in [6.45, 7) is 1.38. The topological polar surface area (TPSA) is 42.0 Å². The monoisotopic (exact) mass is 432 g/mol. The number of pyridine rings is 1. The minimum atomic E-state index is -0.655. The second-order valence-corrected chi connectivity index (χ2v) is 6.40. The normalized spacial score (nSPS) is 12.0. The third kappa shape index (κ3) is 4.58. The fourth-order valence-electron chi connectivity index (χ4n) is 2.10. The van der Waals surface area contributed by atoms with Crippen LogP contribution in [0, 0.1) is 11.6 Å². The molecular weight excluding hydrogens is 422 g/mol. The van der Waals surface area contributed by atoms with Gasteiger partial charge in [-0.15, -0.1) is 0 Å². The van der Waals surface area contributed by atoms with Crippen molar-refractivity contribution < 1.29 is 13.6 Å². The molecule has 1 N–H and O–H groups in total. The predicted molar refractivity (Wildman–Crippen MR) is 86.3 cm³/mol. The maximum Gasteiger partial charge on any atom is 0.217 e. The highest BCUT2D eigenvalue weighted by atomic mass is 79.9. The quantitative estimate of drug-likeness (QED) is 0.730. The molecule has 0 aliphatic carbocycles. The van der Waals surface area contributed by atoms with Crippen LogP contribution >= 0.6 is 31.9 Å². The van der Waals surface area contributed by atoms with Crippen LogP contribution in [0.4, 0.5) is 8.78 Å². The van der Waals surface area contributed by atoms with E-state index in [-0.39, 0.29) is 12.3 Å². The second kappa shape index (κ2) is 7.28. The van der Waals surface area contributed by atoms with Crippen LogP contribution in [0.5, 0.6) is 0 Å². The second-order valence-electron chi connectivity index (χ2n) is 4.74. The van der Waals surface area contributed by atoms with Crippen molar-refractivity contribution in [2.75, 3.05) is 0 Å². The van der Waals surface area contributed by atoms with Gasteiger partial charge < -0.3 is 5.32 Å². The summed E-state index contributed by atoms with van der Waals surface area (Å²) in [6, 6.07) is 6.32. The standard InChI is InChI=1S/C15H12Br2F2N2O/c1-8(22)20-13(15-12(16)2-3-14(17)21-15)6-9-4-10(18)7-11(19)5-9/h2-5,7,13H,6H2,1H3,(H,20,22). The Bertz CT molecular complexity index is 690. The van der Waals surface area contributed by atoms with Crippen molar-refractivity contribution in [3.05, 3.63) is 62.3 Å². The van der Waals surface area contributed by atoms with E-state index in [1.807, 2.05) is 0 Å². The van der Waals surface area contributed by atoms with Crippen molar-refractivity contribution in [3.63, 3.8) is 0 Å². The lowest BCUT2D eigenvalue weighted by molar-refractivity contribution is -0.119. The summed E-state index contributed by atoms with van der Waals surface area (Å²) in [7, 11) is 0. The van der Waals surface area contributed by atoms with Gasteiger partial charge in [0, 0.05) is 17.5 Å². The van der Waals surface area contributed by atoms with Gasteiger partial charge in [-0.3, -0.25) is 4.79 Å². The molecule has 0 aliphatic rings. The van der Waals surface area contributed by atoms with Crippen LogP contribution in [-0.4, -0.2) is 10.9 Å². The molecule has 1 amide bonds. The Labute approximate surface area is 143 Å². The zero-order valence-corrected chi connectivity index (χ0v) is 14.7. The average molecular weight is 434 g/mol. The minimum absolute atomic E-state index is 0.219. The zero-order valence-electron chi connectivity index (χ0n) is 11.5. The first kappa shape index (κ1) is 17.0. The van der Waals surface area contributed by atoms with Crippen molar-refractivity contribution in [2.24, 2.45) is 0 Å². The molecule has 1 unspecified atom stereocenters. The van der Waals surface area contributed by atoms with E-state index in [1.165, 1.54) is 19.1 Å². The lowest BCUT2D eigenvalue weighted by Gasteiger charge is -2.19. The summed E-state index contributed by atoms with van der Waals surface area (Å²) in [5.74, 6) is -1.56. The molecular formula is C15H12Br2F2N2O. The van der Waals surface area contributed by atoms with E-state index in [0.29, 0.717) is 20.3 Å². The molecule has 1 atom stereocenters. The van der Waals surface area contributed by atoms with E-state index in [9.17, 15) is 13.6 Å². The smallest absolute Gasteiger partial charge is 0.217 e. The van der Waals surface area contributed by atoms with Crippen molar-refractivity contribution in [2.45, 2.75) is 19.4 Å². The van der Waals surface area contributed by atoms with Gasteiger partial charge in [0.25, 0.3) is 0 Å². The molecule has 116 valence electrons. The summed E-state index contributed by atoms with van der Waals surface area (Å²) in [5, 5.41) is 2.75. The molecule has 0 spiro atoms. The van der Waals surface area contributed by atoms with Crippen molar-refractivity contribution in [1.82, 2.24) is 10.3 Å². The largest absolute Gasteiger partial charge is 0.348 e. The van der Waals surface area contributed by atoms with Crippen LogP contribution in [-0.2, 0) is 11.2 Å². The molecule has 0 radical (unpaired) electrons. The van der Waals surface area contributed by atoms with Crippen molar-refractivity contribution >= 4 is 37.8 Å². The maximum atomic E-state index is 13.3. The maximum absolute atomic E-state index is 13.3. The molecule has 0 saturated carbocycles. The molecule has 2 rings (SSSR count). The lowest BCUT2D eigenvalue weighted by atomic mass is 10.0. The van der Waals surface area contributed by atoms with Gasteiger partial charge in [0.2, 0.25) is 5.91 Å². The van der Waals surface area contributed by atoms with Gasteiger partial charge >= 0.3 is 0 Å². The van der Waals surface area contributed by atoms with E-state index in [1.54, 1.807) is 12.1 Å². The Kier molecular flexibility index (Phi) is 5.63. The highest BCUT2D eigenvalue weighted by Gasteiger charge is 2.19. The number of carbonyl (C=O) groups is 1. The van der Waals surface area contributed by atoms with Gasteiger partial charge in [0.1, 0.15) is 16.2 Å². The van der Waals surface area contributed by atoms with E-state index in [2.05, 4.69) is 42.2 Å². The van der Waals surface area contributed by atoms with Crippen LogP contribution in [0.2, 0.25) is 0 Å². The molecule has 7 heteroatoms. The number of hydrogen-bond donors (Lipinski definition) is 1. The van der Waals surface area contributed by atoms with Gasteiger partial charge in [-0.2, -0.15) is 0 Å². The van der Waals surface area contributed by atoms with E-state index >= 15 is 0 Å². The first-order valence-corrected chi connectivity index (χ1v) is 7.98. The number of carbonyl (C=O) groups excluding carboxylic acids is 1. The number of aromatic nitrogens is 1. The van der Waals surface area contributed by atoms with Gasteiger partial charge in [0.05, 0.1) is 11.7 Å². The third-order valence-electron chi connectivity index (χ3n) is 2.91. The Hall–Kier alpha value is -1.34. The Morgan fingerprint density at radius 3 is 2.45 bits per heavy atom. The van der Waals surface area contributed by atoms with Gasteiger partial charge in [-0.25, -0.2) is 13.8 Å². The average Bonchev–Trinajstić information content (AvgIpc) is 2.39. The number of nitrogens with one attached hydrogen (secondary N) is 1. The molecule has 0 saturated heterocycles. The Morgan fingerprint density at radius 2 is 1.86 bits per heavy atom. The fourth-order valence-corrected chi connectivity index (χ4v) is 2.92. The third-order valence-corrected chi connectivity index (χ3v) is 4.02. The molecule has 2 aromatic rings. The number of hydrogen-bond acceptors (Lipinski definition) is 2. The SMILES string of the molecule is CC(=O)NC(Cc1cc(F)cc(F)c1)c1nc(Br)ccc1Br. The van der Waals surface area contributed by atoms with E-state index < -0.39 is 17.7 Å².